The Morgan fingerprint density at radius 1 is 1.16 bits per heavy atom. The molecule has 2 fully saturated rings. The molecule has 0 spiro atoms. The van der Waals surface area contributed by atoms with Gasteiger partial charge in [0.05, 0.1) is 25.0 Å². The summed E-state index contributed by atoms with van der Waals surface area (Å²) in [7, 11) is 1.53. The molecular formula is C25H21ClN2O4. The minimum Gasteiger partial charge on any atom is -0.497 e. The summed E-state index contributed by atoms with van der Waals surface area (Å²) in [6, 6.07) is 11.1. The SMILES string of the molecule is C=CCN1C(=O)C2C(C1=O)C(C(=O)c1cccc(OC)c1)N1c3ccc(Cl)cc3C=CC21. The van der Waals surface area contributed by atoms with Crippen LogP contribution in [0.5, 0.6) is 5.75 Å². The lowest BCUT2D eigenvalue weighted by molar-refractivity contribution is -0.139. The van der Waals surface area contributed by atoms with Gasteiger partial charge in [-0.3, -0.25) is 19.3 Å². The van der Waals surface area contributed by atoms with E-state index in [1.54, 1.807) is 30.3 Å². The van der Waals surface area contributed by atoms with Crippen molar-refractivity contribution in [1.82, 2.24) is 4.90 Å². The number of hydrogen-bond donors (Lipinski definition) is 0. The van der Waals surface area contributed by atoms with Crippen molar-refractivity contribution in [3.63, 3.8) is 0 Å². The zero-order valence-corrected chi connectivity index (χ0v) is 18.2. The predicted octanol–water partition coefficient (Wildman–Crippen LogP) is 3.60. The third-order valence-corrected chi connectivity index (χ3v) is 6.73. The van der Waals surface area contributed by atoms with E-state index in [1.807, 2.05) is 29.2 Å². The number of rotatable bonds is 5. The molecule has 3 heterocycles. The number of ketones is 1. The summed E-state index contributed by atoms with van der Waals surface area (Å²) < 4.78 is 5.29. The highest BCUT2D eigenvalue weighted by atomic mass is 35.5. The Kier molecular flexibility index (Phi) is 4.90. The van der Waals surface area contributed by atoms with Crippen LogP contribution in [-0.4, -0.2) is 48.2 Å². The minimum atomic E-state index is -0.826. The first-order chi connectivity index (χ1) is 15.5. The lowest BCUT2D eigenvalue weighted by atomic mass is 9.86. The van der Waals surface area contributed by atoms with Crippen LogP contribution >= 0.6 is 11.6 Å². The van der Waals surface area contributed by atoms with Crippen LogP contribution in [0.3, 0.4) is 0 Å². The molecule has 162 valence electrons. The van der Waals surface area contributed by atoms with E-state index in [0.29, 0.717) is 16.3 Å². The van der Waals surface area contributed by atoms with Gasteiger partial charge in [-0.25, -0.2) is 0 Å². The summed E-state index contributed by atoms with van der Waals surface area (Å²) in [5, 5.41) is 0.575. The molecule has 3 aliphatic heterocycles. The number of anilines is 1. The zero-order valence-electron chi connectivity index (χ0n) is 17.4. The van der Waals surface area contributed by atoms with Gasteiger partial charge < -0.3 is 9.64 Å². The van der Waals surface area contributed by atoms with Gasteiger partial charge in [0.2, 0.25) is 11.8 Å². The molecule has 2 saturated heterocycles. The number of carbonyl (C=O) groups excluding carboxylic acids is 3. The zero-order chi connectivity index (χ0) is 22.6. The van der Waals surface area contributed by atoms with Crippen LogP contribution in [0.25, 0.3) is 6.08 Å². The number of ether oxygens (including phenoxy) is 1. The van der Waals surface area contributed by atoms with E-state index < -0.39 is 23.9 Å². The summed E-state index contributed by atoms with van der Waals surface area (Å²) in [5.41, 5.74) is 2.06. The van der Waals surface area contributed by atoms with Gasteiger partial charge in [0.1, 0.15) is 11.8 Å². The Balaban J connectivity index is 1.66. The number of halogens is 1. The van der Waals surface area contributed by atoms with E-state index in [0.717, 1.165) is 11.3 Å². The first-order valence-corrected chi connectivity index (χ1v) is 10.7. The maximum absolute atomic E-state index is 13.9. The average molecular weight is 449 g/mol. The number of amides is 2. The highest BCUT2D eigenvalue weighted by molar-refractivity contribution is 6.30. The molecule has 2 amide bonds. The lowest BCUT2D eigenvalue weighted by Gasteiger charge is -2.36. The van der Waals surface area contributed by atoms with Crippen molar-refractivity contribution < 1.29 is 19.1 Å². The maximum Gasteiger partial charge on any atom is 0.236 e. The second-order valence-corrected chi connectivity index (χ2v) is 8.56. The molecule has 2 aromatic rings. The molecule has 2 aromatic carbocycles. The fourth-order valence-electron chi connectivity index (χ4n) is 5.16. The quantitative estimate of drug-likeness (QED) is 0.397. The second kappa shape index (κ2) is 7.64. The summed E-state index contributed by atoms with van der Waals surface area (Å²) in [4.78, 5) is 43.6. The van der Waals surface area contributed by atoms with Crippen LogP contribution < -0.4 is 9.64 Å². The predicted molar refractivity (Wildman–Crippen MR) is 122 cm³/mol. The Hall–Kier alpha value is -3.38. The number of likely N-dealkylation sites (tertiary alicyclic amines) is 1. The number of carbonyl (C=O) groups is 3. The highest BCUT2D eigenvalue weighted by Gasteiger charge is 2.63. The van der Waals surface area contributed by atoms with E-state index in [9.17, 15) is 14.4 Å². The normalized spacial score (nSPS) is 25.4. The molecule has 6 nitrogen and oxygen atoms in total. The van der Waals surface area contributed by atoms with Crippen LogP contribution in [0.4, 0.5) is 5.69 Å². The molecular weight excluding hydrogens is 428 g/mol. The van der Waals surface area contributed by atoms with Crippen molar-refractivity contribution in [2.75, 3.05) is 18.6 Å². The number of fused-ring (bicyclic) bond motifs is 5. The van der Waals surface area contributed by atoms with Gasteiger partial charge in [0, 0.05) is 22.8 Å². The molecule has 0 saturated carbocycles. The fraction of sp³-hybridized carbons (Fsp3) is 0.240. The lowest BCUT2D eigenvalue weighted by Crippen LogP contribution is -2.48. The van der Waals surface area contributed by atoms with Gasteiger partial charge in [-0.15, -0.1) is 6.58 Å². The second-order valence-electron chi connectivity index (χ2n) is 8.13. The van der Waals surface area contributed by atoms with Crippen LogP contribution in [0.2, 0.25) is 5.02 Å². The maximum atomic E-state index is 13.9. The van der Waals surface area contributed by atoms with E-state index in [1.165, 1.54) is 18.1 Å². The van der Waals surface area contributed by atoms with Crippen LogP contribution in [0.15, 0.2) is 61.2 Å². The third-order valence-electron chi connectivity index (χ3n) is 6.49. The van der Waals surface area contributed by atoms with Gasteiger partial charge in [0.15, 0.2) is 5.78 Å². The van der Waals surface area contributed by atoms with Crippen molar-refractivity contribution in [3.05, 3.63) is 77.3 Å². The molecule has 3 aliphatic rings. The van der Waals surface area contributed by atoms with E-state index in [4.69, 9.17) is 16.3 Å². The van der Waals surface area contributed by atoms with Crippen molar-refractivity contribution in [2.24, 2.45) is 11.8 Å². The summed E-state index contributed by atoms with van der Waals surface area (Å²) >= 11 is 6.19. The summed E-state index contributed by atoms with van der Waals surface area (Å²) in [5.74, 6) is -1.69. The number of imide groups is 1. The van der Waals surface area contributed by atoms with Gasteiger partial charge >= 0.3 is 0 Å². The van der Waals surface area contributed by atoms with Crippen molar-refractivity contribution in [1.29, 1.82) is 0 Å². The minimum absolute atomic E-state index is 0.132. The topological polar surface area (TPSA) is 66.9 Å². The number of hydrogen-bond acceptors (Lipinski definition) is 5. The Morgan fingerprint density at radius 2 is 1.94 bits per heavy atom. The Labute approximate surface area is 190 Å². The van der Waals surface area contributed by atoms with Gasteiger partial charge in [-0.05, 0) is 35.9 Å². The monoisotopic (exact) mass is 448 g/mol. The molecule has 4 atom stereocenters. The van der Waals surface area contributed by atoms with Gasteiger partial charge in [-0.2, -0.15) is 0 Å². The standard InChI is InChI=1S/C25H21ClN2O4/c1-3-11-27-24(30)20-19-9-7-14-12-16(26)8-10-18(14)28(19)22(21(20)25(27)31)23(29)15-5-4-6-17(13-15)32-2/h3-10,12-13,19-22H,1,11H2,2H3. The molecule has 32 heavy (non-hydrogen) atoms. The molecule has 4 unspecified atom stereocenters. The number of methoxy groups -OCH3 is 1. The van der Waals surface area contributed by atoms with Crippen LogP contribution in [-0.2, 0) is 9.59 Å². The molecule has 0 N–H and O–H groups in total. The Morgan fingerprint density at radius 3 is 2.69 bits per heavy atom. The molecule has 0 bridgehead atoms. The van der Waals surface area contributed by atoms with Gasteiger partial charge in [0.25, 0.3) is 0 Å². The van der Waals surface area contributed by atoms with Crippen molar-refractivity contribution in [3.8, 4) is 5.75 Å². The number of benzene rings is 2. The molecule has 7 heteroatoms. The first kappa shape index (κ1) is 20.5. The molecule has 0 aromatic heterocycles. The van der Waals surface area contributed by atoms with Crippen LogP contribution in [0, 0.1) is 11.8 Å². The van der Waals surface area contributed by atoms with E-state index >= 15 is 0 Å². The molecule has 0 aliphatic carbocycles. The summed E-state index contributed by atoms with van der Waals surface area (Å²) in [6.45, 7) is 3.80. The summed E-state index contributed by atoms with van der Waals surface area (Å²) in [6.07, 6.45) is 5.34. The average Bonchev–Trinajstić information content (AvgIpc) is 3.27. The first-order valence-electron chi connectivity index (χ1n) is 10.4. The number of nitrogens with zero attached hydrogens (tertiary/aromatic N) is 2. The highest BCUT2D eigenvalue weighted by Crippen LogP contribution is 2.49. The largest absolute Gasteiger partial charge is 0.497 e. The van der Waals surface area contributed by atoms with Crippen molar-refractivity contribution in [2.45, 2.75) is 12.1 Å². The smallest absolute Gasteiger partial charge is 0.236 e. The fourth-order valence-corrected chi connectivity index (χ4v) is 5.34. The van der Waals surface area contributed by atoms with E-state index in [2.05, 4.69) is 6.58 Å². The molecule has 0 radical (unpaired) electrons. The van der Waals surface area contributed by atoms with Gasteiger partial charge in [-0.1, -0.05) is 42.0 Å². The molecule has 5 rings (SSSR count). The third kappa shape index (κ3) is 2.90. The van der Waals surface area contributed by atoms with Crippen LogP contribution in [0.1, 0.15) is 15.9 Å². The Bertz CT molecular complexity index is 1190. The number of Topliss-reactive ketones (excluding diaryl/α,β-unsaturated/α-hetero) is 1. The van der Waals surface area contributed by atoms with Crippen molar-refractivity contribution >= 4 is 41.0 Å². The van der Waals surface area contributed by atoms with E-state index in [-0.39, 0.29) is 24.1 Å².